The second-order valence-electron chi connectivity index (χ2n) is 2.91. The maximum absolute atomic E-state index is 9.36. The standard InChI is InChI=1S/C7H14O5/c1-3-6(11-2)4(8)5(9)7(10)12-3/h3-10H,1-2H3/t3-,4-,5-,6+,7+/m0/s1. The minimum Gasteiger partial charge on any atom is -0.387 e. The third-order valence-corrected chi connectivity index (χ3v) is 2.07. The van der Waals surface area contributed by atoms with E-state index in [0.717, 1.165) is 0 Å². The Labute approximate surface area is 70.5 Å². The van der Waals surface area contributed by atoms with Crippen LogP contribution in [0.3, 0.4) is 0 Å². The van der Waals surface area contributed by atoms with Crippen molar-refractivity contribution in [2.75, 3.05) is 7.11 Å². The molecular formula is C7H14O5. The molecule has 5 nitrogen and oxygen atoms in total. The van der Waals surface area contributed by atoms with Crippen molar-refractivity contribution in [1.82, 2.24) is 0 Å². The molecule has 0 spiro atoms. The van der Waals surface area contributed by atoms with Crippen LogP contribution in [0.25, 0.3) is 0 Å². The van der Waals surface area contributed by atoms with Crippen molar-refractivity contribution in [3.05, 3.63) is 0 Å². The zero-order valence-electron chi connectivity index (χ0n) is 7.04. The molecule has 0 aliphatic carbocycles. The summed E-state index contributed by atoms with van der Waals surface area (Å²) in [5.41, 5.74) is 0. The molecule has 1 saturated heterocycles. The van der Waals surface area contributed by atoms with Crippen LogP contribution >= 0.6 is 0 Å². The van der Waals surface area contributed by atoms with Crippen LogP contribution in [0.15, 0.2) is 0 Å². The van der Waals surface area contributed by atoms with Gasteiger partial charge in [0.15, 0.2) is 6.29 Å². The predicted molar refractivity (Wildman–Crippen MR) is 39.4 cm³/mol. The van der Waals surface area contributed by atoms with Gasteiger partial charge in [-0.2, -0.15) is 0 Å². The predicted octanol–water partition coefficient (Wildman–Crippen LogP) is -1.54. The maximum Gasteiger partial charge on any atom is 0.183 e. The van der Waals surface area contributed by atoms with Gasteiger partial charge in [0.25, 0.3) is 0 Å². The lowest BCUT2D eigenvalue weighted by Crippen LogP contribution is -2.57. The Morgan fingerprint density at radius 3 is 2.25 bits per heavy atom. The van der Waals surface area contributed by atoms with Crippen molar-refractivity contribution in [3.8, 4) is 0 Å². The lowest BCUT2D eigenvalue weighted by molar-refractivity contribution is -0.281. The van der Waals surface area contributed by atoms with Gasteiger partial charge in [0.2, 0.25) is 0 Å². The average molecular weight is 178 g/mol. The number of methoxy groups -OCH3 is 1. The fraction of sp³-hybridized carbons (Fsp3) is 1.00. The quantitative estimate of drug-likeness (QED) is 0.453. The molecule has 0 amide bonds. The topological polar surface area (TPSA) is 79.2 Å². The second-order valence-corrected chi connectivity index (χ2v) is 2.91. The van der Waals surface area contributed by atoms with Crippen LogP contribution in [0.4, 0.5) is 0 Å². The normalized spacial score (nSPS) is 49.2. The van der Waals surface area contributed by atoms with E-state index in [1.165, 1.54) is 7.11 Å². The monoisotopic (exact) mass is 178 g/mol. The molecule has 0 radical (unpaired) electrons. The summed E-state index contributed by atoms with van der Waals surface area (Å²) < 4.78 is 9.78. The van der Waals surface area contributed by atoms with Gasteiger partial charge in [-0.15, -0.1) is 0 Å². The molecule has 1 aliphatic rings. The molecule has 72 valence electrons. The second kappa shape index (κ2) is 3.68. The summed E-state index contributed by atoms with van der Waals surface area (Å²) in [6.07, 6.45) is -4.76. The largest absolute Gasteiger partial charge is 0.387 e. The minimum absolute atomic E-state index is 0.427. The summed E-state index contributed by atoms with van der Waals surface area (Å²) >= 11 is 0. The molecule has 5 heteroatoms. The van der Waals surface area contributed by atoms with Crippen molar-refractivity contribution >= 4 is 0 Å². The summed E-state index contributed by atoms with van der Waals surface area (Å²) in [5.74, 6) is 0. The molecule has 0 bridgehead atoms. The first kappa shape index (κ1) is 9.88. The molecule has 0 saturated carbocycles. The third kappa shape index (κ3) is 1.60. The number of aliphatic hydroxyl groups is 3. The molecule has 1 rings (SSSR count). The first-order chi connectivity index (χ1) is 5.57. The zero-order valence-corrected chi connectivity index (χ0v) is 7.04. The Kier molecular flexibility index (Phi) is 3.03. The van der Waals surface area contributed by atoms with E-state index in [0.29, 0.717) is 0 Å². The van der Waals surface area contributed by atoms with E-state index < -0.39 is 30.7 Å². The summed E-state index contributed by atoms with van der Waals surface area (Å²) in [4.78, 5) is 0. The van der Waals surface area contributed by atoms with Gasteiger partial charge in [-0.05, 0) is 6.92 Å². The molecule has 5 atom stereocenters. The highest BCUT2D eigenvalue weighted by atomic mass is 16.6. The molecule has 1 aliphatic heterocycles. The summed E-state index contributed by atoms with van der Waals surface area (Å²) in [6.45, 7) is 1.66. The van der Waals surface area contributed by atoms with Gasteiger partial charge in [-0.25, -0.2) is 0 Å². The van der Waals surface area contributed by atoms with Crippen LogP contribution in [0.1, 0.15) is 6.92 Å². The lowest BCUT2D eigenvalue weighted by Gasteiger charge is -2.38. The van der Waals surface area contributed by atoms with Crippen molar-refractivity contribution in [1.29, 1.82) is 0 Å². The third-order valence-electron chi connectivity index (χ3n) is 2.07. The van der Waals surface area contributed by atoms with Gasteiger partial charge in [0, 0.05) is 7.11 Å². The number of hydrogen-bond acceptors (Lipinski definition) is 5. The summed E-state index contributed by atoms with van der Waals surface area (Å²) in [5, 5.41) is 27.6. The van der Waals surface area contributed by atoms with E-state index in [1.807, 2.05) is 0 Å². The van der Waals surface area contributed by atoms with E-state index in [1.54, 1.807) is 6.92 Å². The Bertz CT molecular complexity index is 151. The minimum atomic E-state index is -1.33. The van der Waals surface area contributed by atoms with Gasteiger partial charge in [-0.1, -0.05) is 0 Å². The fourth-order valence-electron chi connectivity index (χ4n) is 1.35. The number of aliphatic hydroxyl groups excluding tert-OH is 3. The van der Waals surface area contributed by atoms with E-state index >= 15 is 0 Å². The first-order valence-corrected chi connectivity index (χ1v) is 3.80. The molecule has 0 aromatic carbocycles. The Hall–Kier alpha value is -0.200. The number of ether oxygens (including phenoxy) is 2. The molecule has 0 aromatic heterocycles. The summed E-state index contributed by atoms with van der Waals surface area (Å²) in [7, 11) is 1.41. The molecule has 0 unspecified atom stereocenters. The smallest absolute Gasteiger partial charge is 0.183 e. The van der Waals surface area contributed by atoms with Gasteiger partial charge < -0.3 is 24.8 Å². The molecule has 3 N–H and O–H groups in total. The fourth-order valence-corrected chi connectivity index (χ4v) is 1.35. The van der Waals surface area contributed by atoms with Crippen molar-refractivity contribution in [3.63, 3.8) is 0 Å². The van der Waals surface area contributed by atoms with E-state index in [2.05, 4.69) is 0 Å². The molecular weight excluding hydrogens is 164 g/mol. The van der Waals surface area contributed by atoms with Crippen molar-refractivity contribution in [2.45, 2.75) is 37.6 Å². The highest BCUT2D eigenvalue weighted by Crippen LogP contribution is 2.21. The lowest BCUT2D eigenvalue weighted by atomic mass is 10.00. The van der Waals surface area contributed by atoms with Crippen LogP contribution in [0, 0.1) is 0 Å². The van der Waals surface area contributed by atoms with Crippen LogP contribution in [-0.4, -0.2) is 53.1 Å². The maximum atomic E-state index is 9.36. The Balaban J connectivity index is 2.65. The van der Waals surface area contributed by atoms with Gasteiger partial charge in [-0.3, -0.25) is 0 Å². The number of hydrogen-bond donors (Lipinski definition) is 3. The van der Waals surface area contributed by atoms with Gasteiger partial charge in [0.05, 0.1) is 6.10 Å². The van der Waals surface area contributed by atoms with Crippen LogP contribution in [0.2, 0.25) is 0 Å². The van der Waals surface area contributed by atoms with Crippen LogP contribution in [-0.2, 0) is 9.47 Å². The number of rotatable bonds is 1. The van der Waals surface area contributed by atoms with Crippen LogP contribution in [0.5, 0.6) is 0 Å². The molecule has 1 fully saturated rings. The van der Waals surface area contributed by atoms with Gasteiger partial charge in [0.1, 0.15) is 18.3 Å². The molecule has 0 aromatic rings. The SMILES string of the molecule is CO[C@H]1[C@@H](O)[C@H](O)[C@H](O)O[C@H]1C. The molecule has 1 heterocycles. The van der Waals surface area contributed by atoms with E-state index in [-0.39, 0.29) is 0 Å². The first-order valence-electron chi connectivity index (χ1n) is 3.80. The van der Waals surface area contributed by atoms with E-state index in [4.69, 9.17) is 19.7 Å². The zero-order chi connectivity index (χ0) is 9.30. The van der Waals surface area contributed by atoms with Gasteiger partial charge >= 0.3 is 0 Å². The van der Waals surface area contributed by atoms with Crippen LogP contribution < -0.4 is 0 Å². The van der Waals surface area contributed by atoms with Crippen molar-refractivity contribution in [2.24, 2.45) is 0 Å². The Morgan fingerprint density at radius 2 is 1.75 bits per heavy atom. The Morgan fingerprint density at radius 1 is 1.17 bits per heavy atom. The average Bonchev–Trinajstić information content (AvgIpc) is 2.01. The highest BCUT2D eigenvalue weighted by Gasteiger charge is 2.41. The van der Waals surface area contributed by atoms with E-state index in [9.17, 15) is 5.11 Å². The summed E-state index contributed by atoms with van der Waals surface area (Å²) in [6, 6.07) is 0. The molecule has 12 heavy (non-hydrogen) atoms. The van der Waals surface area contributed by atoms with Crippen molar-refractivity contribution < 1.29 is 24.8 Å². The highest BCUT2D eigenvalue weighted by molar-refractivity contribution is 4.87.